The Hall–Kier alpha value is -2.09. The molecule has 0 aliphatic carbocycles. The quantitative estimate of drug-likeness (QED) is 0.818. The van der Waals surface area contributed by atoms with Gasteiger partial charge in [0.15, 0.2) is 0 Å². The second-order valence-corrected chi connectivity index (χ2v) is 5.19. The molecule has 2 aromatic carbocycles. The van der Waals surface area contributed by atoms with Crippen LogP contribution in [0.15, 0.2) is 60.7 Å². The van der Waals surface area contributed by atoms with E-state index in [2.05, 4.69) is 0 Å². The Labute approximate surface area is 114 Å². The molecule has 0 spiro atoms. The molecule has 2 rings (SSSR count). The van der Waals surface area contributed by atoms with Crippen molar-refractivity contribution in [1.29, 1.82) is 0 Å². The highest BCUT2D eigenvalue weighted by molar-refractivity contribution is 6.00. The Balaban J connectivity index is 2.29. The van der Waals surface area contributed by atoms with Gasteiger partial charge in [-0.2, -0.15) is 0 Å². The van der Waals surface area contributed by atoms with Crippen LogP contribution in [0.2, 0.25) is 0 Å². The maximum absolute atomic E-state index is 12.7. The molecule has 1 amide bonds. The summed E-state index contributed by atoms with van der Waals surface area (Å²) in [5.41, 5.74) is 1.41. The van der Waals surface area contributed by atoms with Gasteiger partial charge in [-0.05, 0) is 31.5 Å². The van der Waals surface area contributed by atoms with Gasteiger partial charge in [0.2, 0.25) is 5.91 Å². The van der Waals surface area contributed by atoms with Gasteiger partial charge in [-0.3, -0.25) is 4.79 Å². The van der Waals surface area contributed by atoms with Crippen molar-refractivity contribution in [1.82, 2.24) is 0 Å². The summed E-state index contributed by atoms with van der Waals surface area (Å²) in [4.78, 5) is 14.4. The van der Waals surface area contributed by atoms with Crippen LogP contribution >= 0.6 is 0 Å². The van der Waals surface area contributed by atoms with E-state index < -0.39 is 5.41 Å². The number of carbonyl (C=O) groups excluding carboxylic acids is 1. The summed E-state index contributed by atoms with van der Waals surface area (Å²) in [6, 6.07) is 19.6. The predicted octanol–water partition coefficient (Wildman–Crippen LogP) is 3.63. The van der Waals surface area contributed by atoms with Crippen LogP contribution in [0.4, 0.5) is 5.69 Å². The van der Waals surface area contributed by atoms with E-state index in [1.54, 1.807) is 4.90 Å². The summed E-state index contributed by atoms with van der Waals surface area (Å²) in [7, 11) is 1.82. The molecule has 0 aliphatic rings. The third-order valence-electron chi connectivity index (χ3n) is 3.48. The van der Waals surface area contributed by atoms with Gasteiger partial charge in [0, 0.05) is 12.7 Å². The Morgan fingerprint density at radius 3 is 1.89 bits per heavy atom. The summed E-state index contributed by atoms with van der Waals surface area (Å²) < 4.78 is 0. The highest BCUT2D eigenvalue weighted by atomic mass is 16.2. The molecule has 0 unspecified atom stereocenters. The first-order chi connectivity index (χ1) is 9.03. The van der Waals surface area contributed by atoms with E-state index in [4.69, 9.17) is 0 Å². The van der Waals surface area contributed by atoms with Crippen molar-refractivity contribution in [2.24, 2.45) is 0 Å². The van der Waals surface area contributed by atoms with E-state index in [1.807, 2.05) is 81.6 Å². The van der Waals surface area contributed by atoms with Crippen LogP contribution in [-0.2, 0) is 10.2 Å². The van der Waals surface area contributed by atoms with Crippen LogP contribution < -0.4 is 4.90 Å². The standard InChI is InChI=1S/C17H19NO/c1-17(2,14-10-6-4-7-11-14)16(19)18(3)15-12-8-5-9-13-15/h4-13H,1-3H3. The highest BCUT2D eigenvalue weighted by Gasteiger charge is 2.32. The Kier molecular flexibility index (Phi) is 3.70. The number of para-hydroxylation sites is 1. The maximum Gasteiger partial charge on any atom is 0.236 e. The molecule has 0 heterocycles. The number of rotatable bonds is 3. The number of benzene rings is 2. The summed E-state index contributed by atoms with van der Waals surface area (Å²) >= 11 is 0. The summed E-state index contributed by atoms with van der Waals surface area (Å²) in [6.45, 7) is 3.92. The molecule has 0 bridgehead atoms. The van der Waals surface area contributed by atoms with Crippen LogP contribution in [0.25, 0.3) is 0 Å². The first kappa shape index (κ1) is 13.3. The number of anilines is 1. The summed E-state index contributed by atoms with van der Waals surface area (Å²) in [5, 5.41) is 0. The number of amides is 1. The van der Waals surface area contributed by atoms with Crippen molar-refractivity contribution in [3.8, 4) is 0 Å². The van der Waals surface area contributed by atoms with E-state index in [0.29, 0.717) is 0 Å². The van der Waals surface area contributed by atoms with Crippen LogP contribution in [0, 0.1) is 0 Å². The molecule has 0 aliphatic heterocycles. The van der Waals surface area contributed by atoms with Gasteiger partial charge in [-0.15, -0.1) is 0 Å². The average molecular weight is 253 g/mol. The zero-order valence-electron chi connectivity index (χ0n) is 11.6. The van der Waals surface area contributed by atoms with Crippen molar-refractivity contribution < 1.29 is 4.79 Å². The zero-order chi connectivity index (χ0) is 13.9. The van der Waals surface area contributed by atoms with E-state index >= 15 is 0 Å². The number of likely N-dealkylation sites (N-methyl/N-ethyl adjacent to an activating group) is 1. The lowest BCUT2D eigenvalue weighted by molar-refractivity contribution is -0.122. The molecule has 0 aromatic heterocycles. The van der Waals surface area contributed by atoms with Gasteiger partial charge in [0.05, 0.1) is 5.41 Å². The van der Waals surface area contributed by atoms with Crippen molar-refractivity contribution >= 4 is 11.6 Å². The monoisotopic (exact) mass is 253 g/mol. The molecule has 0 fully saturated rings. The molecule has 19 heavy (non-hydrogen) atoms. The van der Waals surface area contributed by atoms with Gasteiger partial charge in [0.1, 0.15) is 0 Å². The van der Waals surface area contributed by atoms with E-state index in [9.17, 15) is 4.79 Å². The van der Waals surface area contributed by atoms with Crippen molar-refractivity contribution in [2.45, 2.75) is 19.3 Å². The fourth-order valence-corrected chi connectivity index (χ4v) is 2.17. The lowest BCUT2D eigenvalue weighted by atomic mass is 9.83. The van der Waals surface area contributed by atoms with Gasteiger partial charge in [0.25, 0.3) is 0 Å². The first-order valence-corrected chi connectivity index (χ1v) is 6.42. The Bertz CT molecular complexity index is 546. The molecule has 2 heteroatoms. The Morgan fingerprint density at radius 2 is 1.37 bits per heavy atom. The third kappa shape index (κ3) is 2.68. The van der Waals surface area contributed by atoms with Crippen molar-refractivity contribution in [3.63, 3.8) is 0 Å². The summed E-state index contributed by atoms with van der Waals surface area (Å²) in [5.74, 6) is 0.0879. The molecule has 0 N–H and O–H groups in total. The molecule has 98 valence electrons. The number of hydrogen-bond donors (Lipinski definition) is 0. The molecule has 2 aromatic rings. The molecule has 0 radical (unpaired) electrons. The minimum atomic E-state index is -0.536. The van der Waals surface area contributed by atoms with Gasteiger partial charge >= 0.3 is 0 Å². The number of hydrogen-bond acceptors (Lipinski definition) is 1. The topological polar surface area (TPSA) is 20.3 Å². The fourth-order valence-electron chi connectivity index (χ4n) is 2.17. The second kappa shape index (κ2) is 5.27. The van der Waals surface area contributed by atoms with Gasteiger partial charge in [-0.25, -0.2) is 0 Å². The van der Waals surface area contributed by atoms with Crippen LogP contribution in [0.3, 0.4) is 0 Å². The molecule has 0 atom stereocenters. The Morgan fingerprint density at radius 1 is 0.895 bits per heavy atom. The normalized spacial score (nSPS) is 11.1. The fraction of sp³-hybridized carbons (Fsp3) is 0.235. The molecular weight excluding hydrogens is 234 g/mol. The van der Waals surface area contributed by atoms with Gasteiger partial charge in [-0.1, -0.05) is 48.5 Å². The van der Waals surface area contributed by atoms with Crippen LogP contribution in [-0.4, -0.2) is 13.0 Å². The largest absolute Gasteiger partial charge is 0.315 e. The zero-order valence-corrected chi connectivity index (χ0v) is 11.6. The van der Waals surface area contributed by atoms with E-state index in [1.165, 1.54) is 0 Å². The number of nitrogens with zero attached hydrogens (tertiary/aromatic N) is 1. The van der Waals surface area contributed by atoms with Crippen molar-refractivity contribution in [3.05, 3.63) is 66.2 Å². The minimum absolute atomic E-state index is 0.0879. The minimum Gasteiger partial charge on any atom is -0.315 e. The van der Waals surface area contributed by atoms with E-state index in [-0.39, 0.29) is 5.91 Å². The average Bonchev–Trinajstić information content (AvgIpc) is 2.47. The smallest absolute Gasteiger partial charge is 0.236 e. The van der Waals surface area contributed by atoms with Crippen molar-refractivity contribution in [2.75, 3.05) is 11.9 Å². The second-order valence-electron chi connectivity index (χ2n) is 5.19. The molecule has 0 saturated heterocycles. The highest BCUT2D eigenvalue weighted by Crippen LogP contribution is 2.27. The van der Waals surface area contributed by atoms with E-state index in [0.717, 1.165) is 11.3 Å². The maximum atomic E-state index is 12.7. The summed E-state index contributed by atoms with van der Waals surface area (Å²) in [6.07, 6.45) is 0. The molecule has 0 saturated carbocycles. The van der Waals surface area contributed by atoms with Crippen LogP contribution in [0.1, 0.15) is 19.4 Å². The molecular formula is C17H19NO. The van der Waals surface area contributed by atoms with Crippen LogP contribution in [0.5, 0.6) is 0 Å². The first-order valence-electron chi connectivity index (χ1n) is 6.42. The lowest BCUT2D eigenvalue weighted by Crippen LogP contribution is -2.41. The SMILES string of the molecule is CN(C(=O)C(C)(C)c1ccccc1)c1ccccc1. The molecule has 2 nitrogen and oxygen atoms in total. The van der Waals surface area contributed by atoms with Gasteiger partial charge < -0.3 is 4.90 Å². The number of carbonyl (C=O) groups is 1. The predicted molar refractivity (Wildman–Crippen MR) is 79.3 cm³/mol. The lowest BCUT2D eigenvalue weighted by Gasteiger charge is -2.30. The third-order valence-corrected chi connectivity index (χ3v) is 3.48.